The van der Waals surface area contributed by atoms with Gasteiger partial charge < -0.3 is 5.11 Å². The van der Waals surface area contributed by atoms with Crippen LogP contribution < -0.4 is 5.43 Å². The first-order valence-corrected chi connectivity index (χ1v) is 5.74. The van der Waals surface area contributed by atoms with Gasteiger partial charge in [0.15, 0.2) is 0 Å². The molecule has 0 atom stereocenters. The Morgan fingerprint density at radius 3 is 2.45 bits per heavy atom. The Kier molecular flexibility index (Phi) is 4.18. The maximum absolute atomic E-state index is 11.7. The number of carbonyl (C=O) groups excluding carboxylic acids is 1. The van der Waals surface area contributed by atoms with Crippen molar-refractivity contribution >= 4 is 18.1 Å². The molecule has 1 heterocycles. The van der Waals surface area contributed by atoms with Crippen molar-refractivity contribution in [1.82, 2.24) is 10.4 Å². The van der Waals surface area contributed by atoms with E-state index in [1.165, 1.54) is 24.5 Å². The molecule has 2 aromatic rings. The lowest BCUT2D eigenvalue weighted by molar-refractivity contribution is 0.0696. The molecule has 0 saturated heterocycles. The molecule has 0 spiro atoms. The number of aromatic nitrogens is 1. The third-order valence-corrected chi connectivity index (χ3v) is 2.43. The number of carboxylic acids is 1. The van der Waals surface area contributed by atoms with Gasteiger partial charge in [-0.05, 0) is 24.3 Å². The number of amides is 1. The standard InChI is InChI=1S/C14H11N3O3/c18-13(10-4-2-1-3-5-10)17-16-9-12-7-6-11(8-15-12)14(19)20/h1-9H,(H,17,18)(H,19,20)/b16-9+. The molecule has 0 bridgehead atoms. The molecule has 20 heavy (non-hydrogen) atoms. The number of nitrogens with one attached hydrogen (secondary N) is 1. The van der Waals surface area contributed by atoms with Gasteiger partial charge in [-0.2, -0.15) is 5.10 Å². The summed E-state index contributed by atoms with van der Waals surface area (Å²) in [6, 6.07) is 11.6. The Labute approximate surface area is 114 Å². The smallest absolute Gasteiger partial charge is 0.337 e. The number of pyridine rings is 1. The second kappa shape index (κ2) is 6.24. The molecule has 1 aromatic carbocycles. The number of rotatable bonds is 4. The van der Waals surface area contributed by atoms with Crippen LogP contribution in [0.1, 0.15) is 26.4 Å². The van der Waals surface area contributed by atoms with Gasteiger partial charge in [-0.3, -0.25) is 9.78 Å². The SMILES string of the molecule is O=C(O)c1ccc(/C=N/NC(=O)c2ccccc2)nc1. The van der Waals surface area contributed by atoms with Crippen molar-refractivity contribution in [2.45, 2.75) is 0 Å². The van der Waals surface area contributed by atoms with Crippen LogP contribution in [-0.2, 0) is 0 Å². The molecule has 100 valence electrons. The second-order valence-electron chi connectivity index (χ2n) is 3.84. The molecule has 2 rings (SSSR count). The lowest BCUT2D eigenvalue weighted by Crippen LogP contribution is -2.17. The topological polar surface area (TPSA) is 91.6 Å². The number of hydrogen-bond donors (Lipinski definition) is 2. The van der Waals surface area contributed by atoms with Gasteiger partial charge in [0.05, 0.1) is 17.5 Å². The van der Waals surface area contributed by atoms with E-state index in [1.807, 2.05) is 6.07 Å². The summed E-state index contributed by atoms with van der Waals surface area (Å²) in [5, 5.41) is 12.5. The van der Waals surface area contributed by atoms with Gasteiger partial charge in [0.1, 0.15) is 0 Å². The van der Waals surface area contributed by atoms with E-state index < -0.39 is 5.97 Å². The maximum atomic E-state index is 11.7. The van der Waals surface area contributed by atoms with E-state index in [4.69, 9.17) is 5.11 Å². The molecule has 0 unspecified atom stereocenters. The highest BCUT2D eigenvalue weighted by Gasteiger charge is 2.03. The number of nitrogens with zero attached hydrogens (tertiary/aromatic N) is 2. The van der Waals surface area contributed by atoms with Gasteiger partial charge in [-0.1, -0.05) is 18.2 Å². The predicted octanol–water partition coefficient (Wildman–Crippen LogP) is 1.54. The lowest BCUT2D eigenvalue weighted by atomic mass is 10.2. The zero-order valence-electron chi connectivity index (χ0n) is 10.4. The van der Waals surface area contributed by atoms with E-state index in [9.17, 15) is 9.59 Å². The Morgan fingerprint density at radius 1 is 1.10 bits per heavy atom. The molecule has 1 aromatic heterocycles. The molecule has 2 N–H and O–H groups in total. The van der Waals surface area contributed by atoms with Gasteiger partial charge in [0.2, 0.25) is 0 Å². The summed E-state index contributed by atoms with van der Waals surface area (Å²) in [5.74, 6) is -1.37. The monoisotopic (exact) mass is 269 g/mol. The van der Waals surface area contributed by atoms with Crippen LogP contribution in [0.25, 0.3) is 0 Å². The van der Waals surface area contributed by atoms with Crippen molar-refractivity contribution in [3.63, 3.8) is 0 Å². The molecule has 0 aliphatic carbocycles. The minimum Gasteiger partial charge on any atom is -0.478 e. The maximum Gasteiger partial charge on any atom is 0.337 e. The van der Waals surface area contributed by atoms with Crippen LogP contribution in [0.2, 0.25) is 0 Å². The van der Waals surface area contributed by atoms with E-state index in [0.717, 1.165) is 0 Å². The third kappa shape index (κ3) is 3.49. The number of carboxylic acid groups (broad SMARTS) is 1. The summed E-state index contributed by atoms with van der Waals surface area (Å²) in [6.45, 7) is 0. The van der Waals surface area contributed by atoms with Crippen molar-refractivity contribution in [3.05, 3.63) is 65.5 Å². The largest absolute Gasteiger partial charge is 0.478 e. The zero-order chi connectivity index (χ0) is 14.4. The van der Waals surface area contributed by atoms with Crippen molar-refractivity contribution in [2.24, 2.45) is 5.10 Å². The van der Waals surface area contributed by atoms with E-state index in [0.29, 0.717) is 11.3 Å². The molecule has 0 aliphatic rings. The van der Waals surface area contributed by atoms with Crippen LogP contribution in [0.3, 0.4) is 0 Å². The first kappa shape index (κ1) is 13.4. The molecule has 0 saturated carbocycles. The van der Waals surface area contributed by atoms with E-state index in [1.54, 1.807) is 24.3 Å². The lowest BCUT2D eigenvalue weighted by Gasteiger charge is -1.98. The first-order chi connectivity index (χ1) is 9.66. The van der Waals surface area contributed by atoms with Gasteiger partial charge in [-0.15, -0.1) is 0 Å². The number of hydrazone groups is 1. The number of carbonyl (C=O) groups is 2. The summed E-state index contributed by atoms with van der Waals surface area (Å²) >= 11 is 0. The van der Waals surface area contributed by atoms with E-state index in [2.05, 4.69) is 15.5 Å². The molecular formula is C14H11N3O3. The molecule has 1 amide bonds. The zero-order valence-corrected chi connectivity index (χ0v) is 10.4. The number of hydrogen-bond acceptors (Lipinski definition) is 4. The van der Waals surface area contributed by atoms with Crippen molar-refractivity contribution in [1.29, 1.82) is 0 Å². The summed E-state index contributed by atoms with van der Waals surface area (Å²) < 4.78 is 0. The fourth-order valence-electron chi connectivity index (χ4n) is 1.42. The minimum absolute atomic E-state index is 0.0930. The van der Waals surface area contributed by atoms with Crippen LogP contribution in [-0.4, -0.2) is 28.2 Å². The van der Waals surface area contributed by atoms with Crippen molar-refractivity contribution in [2.75, 3.05) is 0 Å². The summed E-state index contributed by atoms with van der Waals surface area (Å²) in [7, 11) is 0. The summed E-state index contributed by atoms with van der Waals surface area (Å²) in [6.07, 6.45) is 2.56. The summed E-state index contributed by atoms with van der Waals surface area (Å²) in [4.78, 5) is 26.2. The fourth-order valence-corrected chi connectivity index (χ4v) is 1.42. The third-order valence-electron chi connectivity index (χ3n) is 2.43. The first-order valence-electron chi connectivity index (χ1n) is 5.74. The highest BCUT2D eigenvalue weighted by Crippen LogP contribution is 1.99. The van der Waals surface area contributed by atoms with Gasteiger partial charge in [-0.25, -0.2) is 10.2 Å². The molecule has 0 fully saturated rings. The van der Waals surface area contributed by atoms with Crippen molar-refractivity contribution < 1.29 is 14.7 Å². The Morgan fingerprint density at radius 2 is 1.85 bits per heavy atom. The average molecular weight is 269 g/mol. The normalized spacial score (nSPS) is 10.4. The van der Waals surface area contributed by atoms with Crippen LogP contribution >= 0.6 is 0 Å². The quantitative estimate of drug-likeness (QED) is 0.650. The Hall–Kier alpha value is -3.02. The van der Waals surface area contributed by atoms with Crippen LogP contribution in [0.4, 0.5) is 0 Å². The number of aromatic carboxylic acids is 1. The van der Waals surface area contributed by atoms with Gasteiger partial charge in [0.25, 0.3) is 5.91 Å². The Bertz CT molecular complexity index is 636. The van der Waals surface area contributed by atoms with Crippen molar-refractivity contribution in [3.8, 4) is 0 Å². The van der Waals surface area contributed by atoms with Crippen LogP contribution in [0.5, 0.6) is 0 Å². The highest BCUT2D eigenvalue weighted by atomic mass is 16.4. The molecular weight excluding hydrogens is 258 g/mol. The minimum atomic E-state index is -1.04. The molecule has 0 radical (unpaired) electrons. The average Bonchev–Trinajstić information content (AvgIpc) is 2.48. The molecule has 0 aliphatic heterocycles. The molecule has 6 heteroatoms. The highest BCUT2D eigenvalue weighted by molar-refractivity contribution is 5.94. The van der Waals surface area contributed by atoms with E-state index >= 15 is 0 Å². The second-order valence-corrected chi connectivity index (χ2v) is 3.84. The van der Waals surface area contributed by atoms with Crippen LogP contribution in [0, 0.1) is 0 Å². The predicted molar refractivity (Wildman–Crippen MR) is 72.7 cm³/mol. The van der Waals surface area contributed by atoms with Gasteiger partial charge in [0, 0.05) is 11.8 Å². The number of benzene rings is 1. The Balaban J connectivity index is 1.96. The summed E-state index contributed by atoms with van der Waals surface area (Å²) in [5.41, 5.74) is 3.40. The fraction of sp³-hybridized carbons (Fsp3) is 0. The van der Waals surface area contributed by atoms with Crippen LogP contribution in [0.15, 0.2) is 53.8 Å². The van der Waals surface area contributed by atoms with Gasteiger partial charge >= 0.3 is 5.97 Å². The van der Waals surface area contributed by atoms with E-state index in [-0.39, 0.29) is 11.5 Å². The molecule has 6 nitrogen and oxygen atoms in total.